The minimum absolute atomic E-state index is 0. The van der Waals surface area contributed by atoms with Crippen LogP contribution in [0, 0.1) is 0 Å². The first kappa shape index (κ1) is 27.4. The van der Waals surface area contributed by atoms with Gasteiger partial charge in [0, 0.05) is 12.1 Å². The fourth-order valence-corrected chi connectivity index (χ4v) is 4.73. The lowest BCUT2D eigenvalue weighted by molar-refractivity contribution is -0.835. The molecular weight excluding hydrogens is 494 g/mol. The van der Waals surface area contributed by atoms with Crippen molar-refractivity contribution in [1.29, 1.82) is 0 Å². The molecule has 1 aliphatic rings. The van der Waals surface area contributed by atoms with Crippen molar-refractivity contribution < 1.29 is 22.0 Å². The number of allylic oxidation sites excluding steroid dienone is 1. The predicted octanol–water partition coefficient (Wildman–Crippen LogP) is 4.19. The molecule has 0 saturated heterocycles. The van der Waals surface area contributed by atoms with E-state index >= 15 is 0 Å². The van der Waals surface area contributed by atoms with Crippen molar-refractivity contribution in [2.24, 2.45) is 0 Å². The number of quaternary nitrogens is 1. The molecule has 1 heterocycles. The molecule has 188 valence electrons. The summed E-state index contributed by atoms with van der Waals surface area (Å²) in [6.07, 6.45) is 11.5. The molecule has 1 aliphatic heterocycles. The third-order valence-electron chi connectivity index (χ3n) is 6.92. The number of nitrogens with one attached hydrogen (secondary N) is 2. The van der Waals surface area contributed by atoms with E-state index in [0.29, 0.717) is 0 Å². The van der Waals surface area contributed by atoms with Crippen LogP contribution >= 0.6 is 0 Å². The third-order valence-corrected chi connectivity index (χ3v) is 6.92. The monoisotopic (exact) mass is 535 g/mol. The van der Waals surface area contributed by atoms with Gasteiger partial charge in [0.15, 0.2) is 5.69 Å². The van der Waals surface area contributed by atoms with Crippen LogP contribution in [0.4, 0.5) is 5.69 Å². The van der Waals surface area contributed by atoms with Gasteiger partial charge in [-0.05, 0) is 46.2 Å². The van der Waals surface area contributed by atoms with Crippen molar-refractivity contribution >= 4 is 16.5 Å². The number of benzene rings is 3. The van der Waals surface area contributed by atoms with Crippen LogP contribution in [0.1, 0.15) is 83.8 Å². The molecule has 0 aliphatic carbocycles. The topological polar surface area (TPSA) is 19.7 Å². The van der Waals surface area contributed by atoms with Crippen LogP contribution in [0.3, 0.4) is 0 Å². The van der Waals surface area contributed by atoms with E-state index in [2.05, 4.69) is 111 Å². The maximum absolute atomic E-state index is 3.73. The van der Waals surface area contributed by atoms with E-state index < -0.39 is 0 Å². The Kier molecular flexibility index (Phi) is 9.97. The summed E-state index contributed by atoms with van der Waals surface area (Å²) in [5.41, 5.74) is 9.30. The average Bonchev–Trinajstić information content (AvgIpc) is 3.23. The standard InChI is InChI=1S/C31H41N3.BrH/c1-5-6-7-8-9-10-15-30-24-34(29-21-18-26-13-11-12-14-27(26)22-29)32-33(30)23-25-16-19-28(20-17-25)31(2,3)4;/h11-14,16-22,24,32H,5-10,15,23H2,1-4H3;1H. The van der Waals surface area contributed by atoms with E-state index in [1.807, 2.05) is 0 Å². The second-order valence-corrected chi connectivity index (χ2v) is 10.8. The maximum Gasteiger partial charge on any atom is 0.157 e. The van der Waals surface area contributed by atoms with E-state index in [1.54, 1.807) is 0 Å². The van der Waals surface area contributed by atoms with Gasteiger partial charge in [0.2, 0.25) is 0 Å². The summed E-state index contributed by atoms with van der Waals surface area (Å²) in [5, 5.41) is 6.15. The smallest absolute Gasteiger partial charge is 0.157 e. The van der Waals surface area contributed by atoms with Gasteiger partial charge in [-0.2, -0.15) is 5.01 Å². The first-order chi connectivity index (χ1) is 16.4. The first-order valence-electron chi connectivity index (χ1n) is 13.1. The number of fused-ring (bicyclic) bond motifs is 1. The van der Waals surface area contributed by atoms with E-state index in [9.17, 15) is 0 Å². The zero-order chi connectivity index (χ0) is 24.0. The molecule has 3 aromatic carbocycles. The zero-order valence-corrected chi connectivity index (χ0v) is 23.5. The van der Waals surface area contributed by atoms with Gasteiger partial charge in [-0.25, -0.2) is 0 Å². The molecule has 0 aromatic heterocycles. The fourth-order valence-electron chi connectivity index (χ4n) is 4.73. The summed E-state index contributed by atoms with van der Waals surface area (Å²) in [6.45, 7) is 9.98. The quantitative estimate of drug-likeness (QED) is 0.379. The van der Waals surface area contributed by atoms with Crippen LogP contribution in [0.15, 0.2) is 78.6 Å². The van der Waals surface area contributed by atoms with Gasteiger partial charge in [0.25, 0.3) is 0 Å². The molecule has 0 fully saturated rings. The van der Waals surface area contributed by atoms with Gasteiger partial charge >= 0.3 is 0 Å². The highest BCUT2D eigenvalue weighted by atomic mass is 79.9. The number of rotatable bonds is 10. The van der Waals surface area contributed by atoms with Crippen molar-refractivity contribution in [2.75, 3.05) is 0 Å². The number of unbranched alkanes of at least 4 members (excludes halogenated alkanes) is 5. The van der Waals surface area contributed by atoms with Crippen LogP contribution in [-0.2, 0) is 12.0 Å². The summed E-state index contributed by atoms with van der Waals surface area (Å²) in [7, 11) is 0. The summed E-state index contributed by atoms with van der Waals surface area (Å²) in [5.74, 6) is 0. The highest BCUT2D eigenvalue weighted by molar-refractivity contribution is 5.84. The lowest BCUT2D eigenvalue weighted by Crippen LogP contribution is -3.09. The third kappa shape index (κ3) is 7.42. The molecule has 0 saturated carbocycles. The molecule has 4 heteroatoms. The molecule has 3 aromatic rings. The van der Waals surface area contributed by atoms with Gasteiger partial charge in [0.1, 0.15) is 6.20 Å². The Morgan fingerprint density at radius 3 is 2.20 bits per heavy atom. The summed E-state index contributed by atoms with van der Waals surface area (Å²) >= 11 is 0. The van der Waals surface area contributed by atoms with Gasteiger partial charge < -0.3 is 17.0 Å². The SMILES string of the molecule is CCCCCCCCC1=C[NH+](c2ccc3ccccc3c2)NN1Cc1ccc(C(C)(C)C)cc1.[Br-]. The minimum atomic E-state index is 0. The Morgan fingerprint density at radius 2 is 1.49 bits per heavy atom. The van der Waals surface area contributed by atoms with Gasteiger partial charge in [-0.3, -0.25) is 5.01 Å². The van der Waals surface area contributed by atoms with Crippen LogP contribution in [0.25, 0.3) is 10.8 Å². The van der Waals surface area contributed by atoms with Gasteiger partial charge in [0.05, 0.1) is 12.2 Å². The molecule has 2 N–H and O–H groups in total. The molecule has 0 radical (unpaired) electrons. The van der Waals surface area contributed by atoms with Crippen molar-refractivity contribution in [3.8, 4) is 0 Å². The highest BCUT2D eigenvalue weighted by Gasteiger charge is 2.27. The Hall–Kier alpha value is -2.14. The highest BCUT2D eigenvalue weighted by Crippen LogP contribution is 2.24. The Morgan fingerprint density at radius 1 is 0.800 bits per heavy atom. The predicted molar refractivity (Wildman–Crippen MR) is 144 cm³/mol. The Balaban J connectivity index is 0.00000342. The summed E-state index contributed by atoms with van der Waals surface area (Å²) < 4.78 is 0. The minimum Gasteiger partial charge on any atom is -1.00 e. The number of hydrogen-bond donors (Lipinski definition) is 2. The van der Waals surface area contributed by atoms with Crippen molar-refractivity contribution in [3.05, 3.63) is 89.8 Å². The normalized spacial score (nSPS) is 15.8. The van der Waals surface area contributed by atoms with Crippen molar-refractivity contribution in [2.45, 2.75) is 84.6 Å². The van der Waals surface area contributed by atoms with Crippen LogP contribution in [0.2, 0.25) is 0 Å². The zero-order valence-electron chi connectivity index (χ0n) is 21.9. The molecule has 4 rings (SSSR count). The molecular formula is C31H42BrN3. The molecule has 1 unspecified atom stereocenters. The van der Waals surface area contributed by atoms with Gasteiger partial charge in [-0.1, -0.05) is 114 Å². The van der Waals surface area contributed by atoms with E-state index in [4.69, 9.17) is 0 Å². The summed E-state index contributed by atoms with van der Waals surface area (Å²) in [6, 6.07) is 24.5. The average molecular weight is 537 g/mol. The van der Waals surface area contributed by atoms with E-state index in [1.165, 1.54) is 76.8 Å². The molecule has 1 atom stereocenters. The number of hydrazine groups is 1. The fraction of sp³-hybridized carbons (Fsp3) is 0.419. The second-order valence-electron chi connectivity index (χ2n) is 10.8. The molecule has 0 spiro atoms. The molecule has 35 heavy (non-hydrogen) atoms. The lowest BCUT2D eigenvalue weighted by Gasteiger charge is -2.23. The largest absolute Gasteiger partial charge is 1.00 e. The Bertz CT molecular complexity index is 1100. The molecule has 3 nitrogen and oxygen atoms in total. The van der Waals surface area contributed by atoms with Gasteiger partial charge in [-0.15, -0.1) is 0 Å². The molecule has 0 amide bonds. The number of hydrogen-bond acceptors (Lipinski definition) is 2. The second kappa shape index (κ2) is 12.7. The first-order valence-corrected chi connectivity index (χ1v) is 13.1. The van der Waals surface area contributed by atoms with Crippen LogP contribution in [-0.4, -0.2) is 5.01 Å². The van der Waals surface area contributed by atoms with Crippen molar-refractivity contribution in [3.63, 3.8) is 0 Å². The molecule has 0 bridgehead atoms. The lowest BCUT2D eigenvalue weighted by atomic mass is 9.87. The Labute approximate surface area is 222 Å². The van der Waals surface area contributed by atoms with Crippen LogP contribution < -0.4 is 27.5 Å². The number of halogens is 1. The number of nitrogens with zero attached hydrogens (tertiary/aromatic N) is 1. The van der Waals surface area contributed by atoms with E-state index in [-0.39, 0.29) is 22.4 Å². The maximum atomic E-state index is 3.73. The van der Waals surface area contributed by atoms with Crippen LogP contribution in [0.5, 0.6) is 0 Å². The van der Waals surface area contributed by atoms with E-state index in [0.717, 1.165) is 13.0 Å². The summed E-state index contributed by atoms with van der Waals surface area (Å²) in [4.78, 5) is 0. The van der Waals surface area contributed by atoms with Crippen molar-refractivity contribution in [1.82, 2.24) is 10.5 Å².